The van der Waals surface area contributed by atoms with Gasteiger partial charge in [0.25, 0.3) is 0 Å². The van der Waals surface area contributed by atoms with Crippen molar-refractivity contribution >= 4 is 23.6 Å². The van der Waals surface area contributed by atoms with E-state index in [1.165, 1.54) is 12.1 Å². The average Bonchev–Trinajstić information content (AvgIpc) is 2.48. The first-order chi connectivity index (χ1) is 10.1. The fourth-order valence-electron chi connectivity index (χ4n) is 2.44. The normalized spacial score (nSPS) is 16.6. The summed E-state index contributed by atoms with van der Waals surface area (Å²) in [5.41, 5.74) is 3.20. The molecule has 0 saturated carbocycles. The van der Waals surface area contributed by atoms with E-state index >= 15 is 0 Å². The number of allylic oxidation sites excluding steroid dienone is 1. The molecule has 0 spiro atoms. The van der Waals surface area contributed by atoms with Crippen LogP contribution in [-0.4, -0.2) is 29.4 Å². The highest BCUT2D eigenvalue weighted by Gasteiger charge is 2.34. The van der Waals surface area contributed by atoms with E-state index in [0.717, 1.165) is 16.8 Å². The molecule has 21 heavy (non-hydrogen) atoms. The average molecular weight is 286 g/mol. The van der Waals surface area contributed by atoms with Crippen LogP contribution < -0.4 is 0 Å². The van der Waals surface area contributed by atoms with Crippen LogP contribution in [0.5, 0.6) is 0 Å². The number of aryl methyl sites for hydroxylation is 1. The summed E-state index contributed by atoms with van der Waals surface area (Å²) < 4.78 is 4.78. The molecular weight excluding hydrogens is 268 g/mol. The first-order valence-electron chi connectivity index (χ1n) is 6.63. The quantitative estimate of drug-likeness (QED) is 0.670. The van der Waals surface area contributed by atoms with E-state index in [0.29, 0.717) is 5.56 Å². The minimum absolute atomic E-state index is 0.0156. The number of ether oxygens (including phenoxy) is 1. The molecule has 1 aromatic carbocycles. The first-order valence-corrected chi connectivity index (χ1v) is 6.63. The maximum absolute atomic E-state index is 12.0. The van der Waals surface area contributed by atoms with Crippen LogP contribution in [0.25, 0.3) is 11.5 Å². The molecule has 0 radical (unpaired) electrons. The predicted octanol–water partition coefficient (Wildman–Crippen LogP) is 3.08. The Morgan fingerprint density at radius 3 is 2.67 bits per heavy atom. The Hall–Kier alpha value is -2.56. The predicted molar refractivity (Wildman–Crippen MR) is 82.4 cm³/mol. The number of hydrazone groups is 1. The summed E-state index contributed by atoms with van der Waals surface area (Å²) in [4.78, 5) is 12.0. The lowest BCUT2D eigenvalue weighted by atomic mass is 9.93. The number of fused-ring (bicyclic) bond motifs is 1. The van der Waals surface area contributed by atoms with E-state index in [1.54, 1.807) is 19.2 Å². The summed E-state index contributed by atoms with van der Waals surface area (Å²) in [7, 11) is 1.28. The van der Waals surface area contributed by atoms with Crippen LogP contribution in [-0.2, 0) is 9.53 Å². The number of hydrogen-bond acceptors (Lipinski definition) is 5. The van der Waals surface area contributed by atoms with Crippen molar-refractivity contribution in [2.24, 2.45) is 5.10 Å². The minimum atomic E-state index is -0.635. The molecule has 1 aliphatic heterocycles. The Kier molecular flexibility index (Phi) is 4.12. The fraction of sp³-hybridized carbons (Fsp3) is 0.250. The number of aliphatic hydroxyl groups is 1. The molecule has 0 saturated heterocycles. The molecule has 0 fully saturated rings. The molecule has 1 aliphatic rings. The van der Waals surface area contributed by atoms with Crippen LogP contribution in [0.3, 0.4) is 0 Å². The van der Waals surface area contributed by atoms with Crippen LogP contribution in [0.2, 0.25) is 0 Å². The van der Waals surface area contributed by atoms with Crippen molar-refractivity contribution in [2.75, 3.05) is 7.11 Å². The summed E-state index contributed by atoms with van der Waals surface area (Å²) in [6.07, 6.45) is 3.41. The SMILES string of the molecule is C/C=N\N1C(C(=O)OC)=C(O)c2cccc(C)c2/C1=C\C. The molecule has 0 bridgehead atoms. The first kappa shape index (κ1) is 14.8. The van der Waals surface area contributed by atoms with Gasteiger partial charge < -0.3 is 9.84 Å². The van der Waals surface area contributed by atoms with Gasteiger partial charge in [-0.3, -0.25) is 0 Å². The molecule has 1 aromatic rings. The molecule has 5 nitrogen and oxygen atoms in total. The van der Waals surface area contributed by atoms with Gasteiger partial charge in [0.2, 0.25) is 0 Å². The monoisotopic (exact) mass is 286 g/mol. The molecule has 2 rings (SSSR count). The van der Waals surface area contributed by atoms with Gasteiger partial charge in [-0.2, -0.15) is 5.10 Å². The summed E-state index contributed by atoms with van der Waals surface area (Å²) in [6, 6.07) is 5.56. The molecule has 0 aromatic heterocycles. The van der Waals surface area contributed by atoms with E-state index in [4.69, 9.17) is 4.74 Å². The smallest absolute Gasteiger partial charge is 0.360 e. The second kappa shape index (κ2) is 5.83. The number of rotatable bonds is 2. The lowest BCUT2D eigenvalue weighted by Gasteiger charge is -2.31. The Balaban J connectivity index is 2.83. The highest BCUT2D eigenvalue weighted by Crippen LogP contribution is 2.39. The maximum atomic E-state index is 12.0. The largest absolute Gasteiger partial charge is 0.505 e. The Bertz CT molecular complexity index is 672. The van der Waals surface area contributed by atoms with Gasteiger partial charge in [-0.05, 0) is 26.3 Å². The standard InChI is InChI=1S/C16H18N2O3/c1-5-12-13-10(3)8-7-9-11(13)15(19)14(16(20)21-4)18(12)17-6-2/h5-9,19H,1-4H3/b12-5+,17-6-. The molecule has 0 unspecified atom stereocenters. The fourth-order valence-corrected chi connectivity index (χ4v) is 2.44. The Morgan fingerprint density at radius 2 is 2.10 bits per heavy atom. The second-order valence-corrected chi connectivity index (χ2v) is 4.55. The van der Waals surface area contributed by atoms with Crippen molar-refractivity contribution in [2.45, 2.75) is 20.8 Å². The number of carbonyl (C=O) groups excluding carboxylic acids is 1. The zero-order valence-corrected chi connectivity index (χ0v) is 12.5. The topological polar surface area (TPSA) is 62.1 Å². The molecule has 0 atom stereocenters. The zero-order valence-electron chi connectivity index (χ0n) is 12.5. The summed E-state index contributed by atoms with van der Waals surface area (Å²) in [6.45, 7) is 5.56. The minimum Gasteiger partial charge on any atom is -0.505 e. The van der Waals surface area contributed by atoms with Gasteiger partial charge in [0.1, 0.15) is 0 Å². The van der Waals surface area contributed by atoms with E-state index < -0.39 is 5.97 Å². The highest BCUT2D eigenvalue weighted by atomic mass is 16.5. The van der Waals surface area contributed by atoms with Gasteiger partial charge >= 0.3 is 5.97 Å². The van der Waals surface area contributed by atoms with E-state index in [2.05, 4.69) is 5.10 Å². The van der Waals surface area contributed by atoms with Crippen molar-refractivity contribution in [3.63, 3.8) is 0 Å². The van der Waals surface area contributed by atoms with Crippen LogP contribution in [0.15, 0.2) is 35.1 Å². The van der Waals surface area contributed by atoms with Crippen LogP contribution >= 0.6 is 0 Å². The van der Waals surface area contributed by atoms with Crippen molar-refractivity contribution < 1.29 is 14.6 Å². The zero-order chi connectivity index (χ0) is 15.6. The molecule has 110 valence electrons. The number of nitrogens with zero attached hydrogens (tertiary/aromatic N) is 2. The summed E-state index contributed by atoms with van der Waals surface area (Å²) >= 11 is 0. The number of esters is 1. The van der Waals surface area contributed by atoms with E-state index in [-0.39, 0.29) is 11.5 Å². The molecular formula is C16H18N2O3. The van der Waals surface area contributed by atoms with E-state index in [1.807, 2.05) is 32.1 Å². The Morgan fingerprint density at radius 1 is 1.38 bits per heavy atom. The molecule has 0 amide bonds. The number of aliphatic hydroxyl groups excluding tert-OH is 1. The maximum Gasteiger partial charge on any atom is 0.360 e. The van der Waals surface area contributed by atoms with Crippen LogP contribution in [0, 0.1) is 6.92 Å². The van der Waals surface area contributed by atoms with Gasteiger partial charge in [-0.15, -0.1) is 0 Å². The van der Waals surface area contributed by atoms with Crippen LogP contribution in [0.4, 0.5) is 0 Å². The van der Waals surface area contributed by atoms with Crippen molar-refractivity contribution in [3.8, 4) is 0 Å². The van der Waals surface area contributed by atoms with Crippen molar-refractivity contribution in [1.82, 2.24) is 5.01 Å². The number of methoxy groups -OCH3 is 1. The molecule has 5 heteroatoms. The lowest BCUT2D eigenvalue weighted by Crippen LogP contribution is -2.28. The van der Waals surface area contributed by atoms with Gasteiger partial charge in [-0.25, -0.2) is 9.80 Å². The Labute approximate surface area is 123 Å². The second-order valence-electron chi connectivity index (χ2n) is 4.55. The number of benzene rings is 1. The van der Waals surface area contributed by atoms with Crippen molar-refractivity contribution in [3.05, 3.63) is 46.7 Å². The number of hydrogen-bond donors (Lipinski definition) is 1. The van der Waals surface area contributed by atoms with Gasteiger partial charge in [-0.1, -0.05) is 24.3 Å². The van der Waals surface area contributed by atoms with Crippen LogP contribution in [0.1, 0.15) is 30.5 Å². The summed E-state index contributed by atoms with van der Waals surface area (Å²) in [5.74, 6) is -0.763. The van der Waals surface area contributed by atoms with Crippen molar-refractivity contribution in [1.29, 1.82) is 0 Å². The van der Waals surface area contributed by atoms with Gasteiger partial charge in [0.05, 0.1) is 12.8 Å². The van der Waals surface area contributed by atoms with E-state index in [9.17, 15) is 9.90 Å². The third-order valence-electron chi connectivity index (χ3n) is 3.33. The highest BCUT2D eigenvalue weighted by molar-refractivity contribution is 6.01. The number of carbonyl (C=O) groups is 1. The van der Waals surface area contributed by atoms with Gasteiger partial charge in [0.15, 0.2) is 11.5 Å². The lowest BCUT2D eigenvalue weighted by molar-refractivity contribution is -0.137. The van der Waals surface area contributed by atoms with Gasteiger partial charge in [0, 0.05) is 17.3 Å². The third-order valence-corrected chi connectivity index (χ3v) is 3.33. The molecule has 0 aliphatic carbocycles. The molecule has 1 heterocycles. The summed E-state index contributed by atoms with van der Waals surface area (Å²) in [5, 5.41) is 16.1. The third kappa shape index (κ3) is 2.31. The molecule has 1 N–H and O–H groups in total.